The maximum absolute atomic E-state index is 4.52. The molecule has 0 radical (unpaired) electrons. The maximum Gasteiger partial charge on any atom is 0.273 e. The van der Waals surface area contributed by atoms with E-state index in [0.717, 1.165) is 29.4 Å². The molecular formula is C17H21N7S. The van der Waals surface area contributed by atoms with Crippen molar-refractivity contribution in [2.75, 3.05) is 18.0 Å². The van der Waals surface area contributed by atoms with Crippen molar-refractivity contribution in [3.05, 3.63) is 40.8 Å². The molecule has 130 valence electrons. The summed E-state index contributed by atoms with van der Waals surface area (Å²) in [7, 11) is 0. The number of hydrogen-bond donors (Lipinski definition) is 0. The summed E-state index contributed by atoms with van der Waals surface area (Å²) in [6.07, 6.45) is 7.37. The highest BCUT2D eigenvalue weighted by atomic mass is 32.1. The number of aromatic nitrogens is 5. The van der Waals surface area contributed by atoms with Crippen molar-refractivity contribution in [2.45, 2.75) is 33.1 Å². The first-order valence-electron chi connectivity index (χ1n) is 8.53. The molecule has 7 nitrogen and oxygen atoms in total. The van der Waals surface area contributed by atoms with Crippen LogP contribution in [0.25, 0.3) is 5.95 Å². The van der Waals surface area contributed by atoms with Gasteiger partial charge in [-0.1, -0.05) is 0 Å². The highest BCUT2D eigenvalue weighted by molar-refractivity contribution is 7.17. The Morgan fingerprint density at radius 1 is 1.16 bits per heavy atom. The predicted molar refractivity (Wildman–Crippen MR) is 100.0 cm³/mol. The second-order valence-electron chi connectivity index (χ2n) is 6.28. The number of aryl methyl sites for hydroxylation is 2. The van der Waals surface area contributed by atoms with E-state index in [0.29, 0.717) is 5.95 Å². The fraction of sp³-hybridized carbons (Fsp3) is 0.412. The van der Waals surface area contributed by atoms with Crippen LogP contribution in [-0.2, 0) is 0 Å². The zero-order valence-electron chi connectivity index (χ0n) is 14.5. The van der Waals surface area contributed by atoms with Crippen LogP contribution in [0.5, 0.6) is 0 Å². The van der Waals surface area contributed by atoms with E-state index in [9.17, 15) is 0 Å². The minimum Gasteiger partial charge on any atom is -0.363 e. The summed E-state index contributed by atoms with van der Waals surface area (Å²) < 4.78 is 3.41. The highest BCUT2D eigenvalue weighted by Crippen LogP contribution is 2.27. The van der Waals surface area contributed by atoms with Crippen LogP contribution >= 0.6 is 11.3 Å². The van der Waals surface area contributed by atoms with Gasteiger partial charge in [-0.15, -0.1) is 21.5 Å². The lowest BCUT2D eigenvalue weighted by Crippen LogP contribution is -2.28. The standard InChI is InChI=1S/C17H21N7S/c1-13-10-14(2)24(21-13)17-20-18-12-23(17)19-11-15-6-7-16(25-15)22-8-4-3-5-9-22/h6-7,10-12H,3-5,8-9H2,1-2H3/b19-11+. The molecule has 1 aliphatic rings. The Balaban J connectivity index is 1.54. The molecule has 1 saturated heterocycles. The van der Waals surface area contributed by atoms with Gasteiger partial charge in [0.15, 0.2) is 0 Å². The fourth-order valence-corrected chi connectivity index (χ4v) is 4.02. The lowest BCUT2D eigenvalue weighted by Gasteiger charge is -2.27. The van der Waals surface area contributed by atoms with Crippen LogP contribution in [0.1, 0.15) is 35.5 Å². The van der Waals surface area contributed by atoms with Crippen LogP contribution in [-0.4, -0.2) is 44.0 Å². The van der Waals surface area contributed by atoms with Gasteiger partial charge in [-0.25, -0.2) is 4.68 Å². The number of thiophene rings is 1. The molecule has 8 heteroatoms. The van der Waals surface area contributed by atoms with Crippen molar-refractivity contribution in [2.24, 2.45) is 5.10 Å². The third-order valence-electron chi connectivity index (χ3n) is 4.30. The van der Waals surface area contributed by atoms with E-state index in [1.54, 1.807) is 27.0 Å². The van der Waals surface area contributed by atoms with Crippen molar-refractivity contribution < 1.29 is 0 Å². The summed E-state index contributed by atoms with van der Waals surface area (Å²) in [5.74, 6) is 0.592. The van der Waals surface area contributed by atoms with Crippen LogP contribution < -0.4 is 4.90 Å². The number of hydrogen-bond acceptors (Lipinski definition) is 6. The predicted octanol–water partition coefficient (Wildman–Crippen LogP) is 3.01. The number of piperidine rings is 1. The van der Waals surface area contributed by atoms with Gasteiger partial charge in [-0.3, -0.25) is 0 Å². The summed E-state index contributed by atoms with van der Waals surface area (Å²) >= 11 is 1.77. The summed E-state index contributed by atoms with van der Waals surface area (Å²) in [5.41, 5.74) is 1.95. The average molecular weight is 355 g/mol. The zero-order chi connectivity index (χ0) is 17.2. The van der Waals surface area contributed by atoms with E-state index >= 15 is 0 Å². The molecule has 0 spiro atoms. The SMILES string of the molecule is Cc1cc(C)n(-c2nncn2/N=C/c2ccc(N3CCCCC3)s2)n1. The van der Waals surface area contributed by atoms with E-state index in [1.165, 1.54) is 24.3 Å². The molecule has 0 amide bonds. The Morgan fingerprint density at radius 3 is 2.76 bits per heavy atom. The highest BCUT2D eigenvalue weighted by Gasteiger charge is 2.13. The molecule has 3 aromatic rings. The first kappa shape index (κ1) is 16.0. The zero-order valence-corrected chi connectivity index (χ0v) is 15.3. The molecule has 4 heterocycles. The second kappa shape index (κ2) is 6.79. The van der Waals surface area contributed by atoms with Crippen molar-refractivity contribution >= 4 is 22.6 Å². The minimum absolute atomic E-state index is 0.592. The van der Waals surface area contributed by atoms with Gasteiger partial charge in [0.05, 0.1) is 16.9 Å². The molecule has 25 heavy (non-hydrogen) atoms. The molecule has 1 fully saturated rings. The lowest BCUT2D eigenvalue weighted by molar-refractivity contribution is 0.580. The van der Waals surface area contributed by atoms with E-state index in [-0.39, 0.29) is 0 Å². The Morgan fingerprint density at radius 2 is 2.00 bits per heavy atom. The topological polar surface area (TPSA) is 64.1 Å². The fourth-order valence-electron chi connectivity index (χ4n) is 3.09. The van der Waals surface area contributed by atoms with E-state index in [4.69, 9.17) is 0 Å². The summed E-state index contributed by atoms with van der Waals surface area (Å²) in [5, 5.41) is 18.4. The van der Waals surface area contributed by atoms with Crippen LogP contribution in [0.15, 0.2) is 29.6 Å². The van der Waals surface area contributed by atoms with Gasteiger partial charge in [0, 0.05) is 23.7 Å². The van der Waals surface area contributed by atoms with Crippen molar-refractivity contribution in [1.82, 2.24) is 24.7 Å². The van der Waals surface area contributed by atoms with Gasteiger partial charge in [-0.05, 0) is 51.3 Å². The quantitative estimate of drug-likeness (QED) is 0.675. The van der Waals surface area contributed by atoms with Gasteiger partial charge < -0.3 is 4.90 Å². The molecule has 3 aromatic heterocycles. The lowest BCUT2D eigenvalue weighted by atomic mass is 10.1. The number of rotatable bonds is 4. The van der Waals surface area contributed by atoms with Gasteiger partial charge in [-0.2, -0.15) is 14.9 Å². The largest absolute Gasteiger partial charge is 0.363 e. The van der Waals surface area contributed by atoms with Crippen molar-refractivity contribution in [3.8, 4) is 5.95 Å². The van der Waals surface area contributed by atoms with E-state index in [1.807, 2.05) is 26.1 Å². The summed E-state index contributed by atoms with van der Waals surface area (Å²) in [6.45, 7) is 6.27. The third-order valence-corrected chi connectivity index (χ3v) is 5.38. The number of anilines is 1. The summed E-state index contributed by atoms with van der Waals surface area (Å²) in [4.78, 5) is 3.58. The van der Waals surface area contributed by atoms with Crippen LogP contribution in [0.2, 0.25) is 0 Å². The molecule has 1 aliphatic heterocycles. The van der Waals surface area contributed by atoms with E-state index < -0.39 is 0 Å². The first-order valence-corrected chi connectivity index (χ1v) is 9.35. The van der Waals surface area contributed by atoms with Gasteiger partial charge in [0.2, 0.25) is 0 Å². The molecule has 4 rings (SSSR count). The third kappa shape index (κ3) is 3.34. The Kier molecular flexibility index (Phi) is 4.35. The van der Waals surface area contributed by atoms with Crippen molar-refractivity contribution in [3.63, 3.8) is 0 Å². The Hall–Kier alpha value is -2.48. The maximum atomic E-state index is 4.52. The van der Waals surface area contributed by atoms with Crippen LogP contribution in [0, 0.1) is 13.8 Å². The molecular weight excluding hydrogens is 334 g/mol. The first-order chi connectivity index (χ1) is 12.2. The second-order valence-corrected chi connectivity index (χ2v) is 7.38. The smallest absolute Gasteiger partial charge is 0.273 e. The molecule has 0 N–H and O–H groups in total. The van der Waals surface area contributed by atoms with Gasteiger partial charge in [0.25, 0.3) is 5.95 Å². The normalized spacial score (nSPS) is 15.4. The average Bonchev–Trinajstić information content (AvgIpc) is 3.33. The van der Waals surface area contributed by atoms with Crippen LogP contribution in [0.3, 0.4) is 0 Å². The Bertz CT molecular complexity index is 883. The molecule has 0 unspecified atom stereocenters. The molecule has 0 bridgehead atoms. The van der Waals surface area contributed by atoms with E-state index in [2.05, 4.69) is 37.4 Å². The van der Waals surface area contributed by atoms with Crippen molar-refractivity contribution in [1.29, 1.82) is 0 Å². The monoisotopic (exact) mass is 355 g/mol. The molecule has 0 saturated carbocycles. The molecule has 0 atom stereocenters. The van der Waals surface area contributed by atoms with Gasteiger partial charge in [0.1, 0.15) is 6.33 Å². The molecule has 0 aromatic carbocycles. The number of nitrogens with zero attached hydrogens (tertiary/aromatic N) is 7. The Labute approximate surface area is 150 Å². The summed E-state index contributed by atoms with van der Waals surface area (Å²) in [6, 6.07) is 6.31. The molecule has 0 aliphatic carbocycles. The minimum atomic E-state index is 0.592. The van der Waals surface area contributed by atoms with Gasteiger partial charge >= 0.3 is 0 Å². The van der Waals surface area contributed by atoms with Crippen LogP contribution in [0.4, 0.5) is 5.00 Å².